The van der Waals surface area contributed by atoms with Gasteiger partial charge in [-0.1, -0.05) is 31.2 Å². The molecule has 0 fully saturated rings. The number of ether oxygens (including phenoxy) is 1. The van der Waals surface area contributed by atoms with Gasteiger partial charge in [-0.15, -0.1) is 0 Å². The average Bonchev–Trinajstić information content (AvgIpc) is 2.52. The van der Waals surface area contributed by atoms with E-state index >= 15 is 0 Å². The first kappa shape index (κ1) is 15.5. The van der Waals surface area contributed by atoms with Crippen molar-refractivity contribution in [3.63, 3.8) is 0 Å². The zero-order chi connectivity index (χ0) is 15.1. The van der Waals surface area contributed by atoms with Gasteiger partial charge in [-0.3, -0.25) is 11.3 Å². The molecule has 0 bridgehead atoms. The summed E-state index contributed by atoms with van der Waals surface area (Å²) in [7, 11) is 0. The van der Waals surface area contributed by atoms with Crippen molar-refractivity contribution in [1.29, 1.82) is 0 Å². The van der Waals surface area contributed by atoms with Crippen molar-refractivity contribution < 1.29 is 9.13 Å². The smallest absolute Gasteiger partial charge is 0.123 e. The molecule has 2 aromatic carbocycles. The Morgan fingerprint density at radius 1 is 1.19 bits per heavy atom. The van der Waals surface area contributed by atoms with E-state index in [0.29, 0.717) is 13.0 Å². The van der Waals surface area contributed by atoms with Crippen LogP contribution in [-0.2, 0) is 6.42 Å². The first-order valence-electron chi connectivity index (χ1n) is 7.16. The maximum atomic E-state index is 12.9. The lowest BCUT2D eigenvalue weighted by Crippen LogP contribution is -2.29. The third-order valence-electron chi connectivity index (χ3n) is 3.29. The van der Waals surface area contributed by atoms with Crippen molar-refractivity contribution in [2.24, 2.45) is 5.84 Å². The molecule has 1 unspecified atom stereocenters. The minimum atomic E-state index is -0.231. The van der Waals surface area contributed by atoms with Crippen LogP contribution in [0.1, 0.15) is 30.5 Å². The first-order chi connectivity index (χ1) is 10.2. The molecule has 1 atom stereocenters. The highest BCUT2D eigenvalue weighted by Gasteiger charge is 2.11. The standard InChI is InChI=1S/C17H21FN2O/c1-2-10-21-16-5-3-4-14(12-16)17(20-19)11-13-6-8-15(18)9-7-13/h3-9,12,17,20H,2,10-11,19H2,1H3. The van der Waals surface area contributed by atoms with Crippen LogP contribution in [0.15, 0.2) is 48.5 Å². The van der Waals surface area contributed by atoms with Gasteiger partial charge in [0.2, 0.25) is 0 Å². The first-order valence-corrected chi connectivity index (χ1v) is 7.16. The summed E-state index contributed by atoms with van der Waals surface area (Å²) in [5.74, 6) is 6.28. The number of nitrogens with two attached hydrogens (primary N) is 1. The highest BCUT2D eigenvalue weighted by Crippen LogP contribution is 2.22. The SMILES string of the molecule is CCCOc1cccc(C(Cc2ccc(F)cc2)NN)c1. The highest BCUT2D eigenvalue weighted by atomic mass is 19.1. The van der Waals surface area contributed by atoms with Crippen molar-refractivity contribution in [1.82, 2.24) is 5.43 Å². The molecule has 0 radical (unpaired) electrons. The molecule has 0 spiro atoms. The molecular weight excluding hydrogens is 267 g/mol. The van der Waals surface area contributed by atoms with Crippen molar-refractivity contribution in [3.8, 4) is 5.75 Å². The lowest BCUT2D eigenvalue weighted by atomic mass is 9.99. The van der Waals surface area contributed by atoms with E-state index < -0.39 is 0 Å². The lowest BCUT2D eigenvalue weighted by Gasteiger charge is -2.17. The van der Waals surface area contributed by atoms with Gasteiger partial charge in [-0.25, -0.2) is 4.39 Å². The zero-order valence-corrected chi connectivity index (χ0v) is 12.2. The number of hydrogen-bond donors (Lipinski definition) is 2. The molecular formula is C17H21FN2O. The second kappa shape index (κ2) is 7.76. The predicted octanol–water partition coefficient (Wildman–Crippen LogP) is 3.36. The van der Waals surface area contributed by atoms with Crippen LogP contribution in [0.3, 0.4) is 0 Å². The summed E-state index contributed by atoms with van der Waals surface area (Å²) in [6.07, 6.45) is 1.66. The molecule has 2 aromatic rings. The number of nitrogens with one attached hydrogen (secondary N) is 1. The summed E-state index contributed by atoms with van der Waals surface area (Å²) in [6, 6.07) is 14.3. The number of hydrogen-bond acceptors (Lipinski definition) is 3. The van der Waals surface area contributed by atoms with Crippen LogP contribution in [0.25, 0.3) is 0 Å². The normalized spacial score (nSPS) is 12.1. The highest BCUT2D eigenvalue weighted by molar-refractivity contribution is 5.32. The fourth-order valence-corrected chi connectivity index (χ4v) is 2.17. The molecule has 0 amide bonds. The Kier molecular flexibility index (Phi) is 5.72. The van der Waals surface area contributed by atoms with Crippen LogP contribution >= 0.6 is 0 Å². The van der Waals surface area contributed by atoms with Gasteiger partial charge in [-0.2, -0.15) is 0 Å². The summed E-state index contributed by atoms with van der Waals surface area (Å²) in [5.41, 5.74) is 4.89. The van der Waals surface area contributed by atoms with Crippen molar-refractivity contribution in [3.05, 3.63) is 65.5 Å². The molecule has 0 aliphatic rings. The monoisotopic (exact) mass is 288 g/mol. The molecule has 0 aromatic heterocycles. The van der Waals surface area contributed by atoms with E-state index in [4.69, 9.17) is 10.6 Å². The third kappa shape index (κ3) is 4.55. The summed E-state index contributed by atoms with van der Waals surface area (Å²) in [5, 5.41) is 0. The van der Waals surface area contributed by atoms with Gasteiger partial charge in [-0.05, 0) is 48.2 Å². The second-order valence-corrected chi connectivity index (χ2v) is 4.97. The summed E-state index contributed by atoms with van der Waals surface area (Å²) < 4.78 is 18.6. The Morgan fingerprint density at radius 2 is 1.95 bits per heavy atom. The number of benzene rings is 2. The van der Waals surface area contributed by atoms with E-state index in [-0.39, 0.29) is 11.9 Å². The minimum absolute atomic E-state index is 0.0411. The van der Waals surface area contributed by atoms with Crippen LogP contribution in [0.5, 0.6) is 5.75 Å². The van der Waals surface area contributed by atoms with Gasteiger partial charge < -0.3 is 4.74 Å². The predicted molar refractivity (Wildman–Crippen MR) is 82.4 cm³/mol. The topological polar surface area (TPSA) is 47.3 Å². The fraction of sp³-hybridized carbons (Fsp3) is 0.294. The molecule has 3 N–H and O–H groups in total. The zero-order valence-electron chi connectivity index (χ0n) is 12.2. The Hall–Kier alpha value is -1.91. The summed E-state index contributed by atoms with van der Waals surface area (Å²) in [4.78, 5) is 0. The molecule has 0 aliphatic carbocycles. The van der Waals surface area contributed by atoms with Gasteiger partial charge in [0.1, 0.15) is 11.6 Å². The van der Waals surface area contributed by atoms with Crippen molar-refractivity contribution >= 4 is 0 Å². The summed E-state index contributed by atoms with van der Waals surface area (Å²) >= 11 is 0. The average molecular weight is 288 g/mol. The Bertz CT molecular complexity index is 557. The molecule has 0 aliphatic heterocycles. The number of hydrazine groups is 1. The number of rotatable bonds is 7. The van der Waals surface area contributed by atoms with Crippen LogP contribution in [0, 0.1) is 5.82 Å². The van der Waals surface area contributed by atoms with E-state index in [1.165, 1.54) is 12.1 Å². The fourth-order valence-electron chi connectivity index (χ4n) is 2.17. The van der Waals surface area contributed by atoms with Crippen LogP contribution in [0.4, 0.5) is 4.39 Å². The quantitative estimate of drug-likeness (QED) is 0.606. The van der Waals surface area contributed by atoms with E-state index in [2.05, 4.69) is 12.3 Å². The Balaban J connectivity index is 2.11. The molecule has 0 saturated heterocycles. The van der Waals surface area contributed by atoms with Crippen LogP contribution in [-0.4, -0.2) is 6.61 Å². The molecule has 21 heavy (non-hydrogen) atoms. The van der Waals surface area contributed by atoms with Gasteiger partial charge >= 0.3 is 0 Å². The Morgan fingerprint density at radius 3 is 2.62 bits per heavy atom. The van der Waals surface area contributed by atoms with Crippen LogP contribution < -0.4 is 16.0 Å². The molecule has 4 heteroatoms. The minimum Gasteiger partial charge on any atom is -0.494 e. The molecule has 0 saturated carbocycles. The van der Waals surface area contributed by atoms with E-state index in [1.807, 2.05) is 24.3 Å². The maximum absolute atomic E-state index is 12.9. The van der Waals surface area contributed by atoms with Gasteiger partial charge in [0, 0.05) is 0 Å². The van der Waals surface area contributed by atoms with Crippen LogP contribution in [0.2, 0.25) is 0 Å². The van der Waals surface area contributed by atoms with Gasteiger partial charge in [0.05, 0.1) is 12.6 Å². The molecule has 112 valence electrons. The molecule has 0 heterocycles. The molecule has 2 rings (SSSR count). The van der Waals surface area contributed by atoms with E-state index in [9.17, 15) is 4.39 Å². The van der Waals surface area contributed by atoms with Gasteiger partial charge in [0.15, 0.2) is 0 Å². The van der Waals surface area contributed by atoms with Crippen molar-refractivity contribution in [2.75, 3.05) is 6.61 Å². The van der Waals surface area contributed by atoms with E-state index in [1.54, 1.807) is 12.1 Å². The van der Waals surface area contributed by atoms with Gasteiger partial charge in [0.25, 0.3) is 0 Å². The largest absolute Gasteiger partial charge is 0.494 e. The lowest BCUT2D eigenvalue weighted by molar-refractivity contribution is 0.316. The second-order valence-electron chi connectivity index (χ2n) is 4.97. The van der Waals surface area contributed by atoms with E-state index in [0.717, 1.165) is 23.3 Å². The van der Waals surface area contributed by atoms with Crippen molar-refractivity contribution in [2.45, 2.75) is 25.8 Å². The molecule has 3 nitrogen and oxygen atoms in total. The Labute approximate surface area is 124 Å². The maximum Gasteiger partial charge on any atom is 0.123 e. The number of halogens is 1. The summed E-state index contributed by atoms with van der Waals surface area (Å²) in [6.45, 7) is 2.77. The third-order valence-corrected chi connectivity index (χ3v) is 3.29.